The number of sulfone groups is 1. The first-order chi connectivity index (χ1) is 9.47. The van der Waals surface area contributed by atoms with E-state index in [2.05, 4.69) is 10.4 Å². The minimum absolute atomic E-state index is 0.0983. The summed E-state index contributed by atoms with van der Waals surface area (Å²) in [5.41, 5.74) is 2.56. The van der Waals surface area contributed by atoms with E-state index in [0.717, 1.165) is 38.5 Å². The molecular weight excluding hydrogens is 274 g/mol. The highest BCUT2D eigenvalue weighted by atomic mass is 32.2. The van der Waals surface area contributed by atoms with Crippen molar-refractivity contribution in [3.8, 4) is 0 Å². The van der Waals surface area contributed by atoms with E-state index in [1.165, 1.54) is 17.5 Å². The first-order valence-electron chi connectivity index (χ1n) is 7.42. The summed E-state index contributed by atoms with van der Waals surface area (Å²) in [6.07, 6.45) is 9.36. The molecule has 2 aliphatic rings. The van der Waals surface area contributed by atoms with Crippen LogP contribution in [0, 0.1) is 0 Å². The smallest absolute Gasteiger partial charge is 0.151 e. The van der Waals surface area contributed by atoms with Crippen LogP contribution in [0.1, 0.15) is 49.4 Å². The minimum Gasteiger partial charge on any atom is -0.306 e. The molecule has 1 aromatic heterocycles. The topological polar surface area (TPSA) is 64.0 Å². The molecule has 5 nitrogen and oxygen atoms in total. The van der Waals surface area contributed by atoms with Gasteiger partial charge in [-0.1, -0.05) is 6.42 Å². The lowest BCUT2D eigenvalue weighted by Crippen LogP contribution is -2.42. The summed E-state index contributed by atoms with van der Waals surface area (Å²) in [7, 11) is -0.976. The molecular formula is C14H23N3O2S. The molecule has 1 fully saturated rings. The highest BCUT2D eigenvalue weighted by molar-refractivity contribution is 7.91. The Morgan fingerprint density at radius 2 is 2.10 bits per heavy atom. The lowest BCUT2D eigenvalue weighted by Gasteiger charge is -2.29. The Labute approximate surface area is 120 Å². The maximum Gasteiger partial charge on any atom is 0.151 e. The number of rotatable bonds is 3. The first kappa shape index (κ1) is 14.1. The summed E-state index contributed by atoms with van der Waals surface area (Å²) in [4.78, 5) is 0. The van der Waals surface area contributed by atoms with Gasteiger partial charge in [-0.15, -0.1) is 0 Å². The Morgan fingerprint density at radius 1 is 1.30 bits per heavy atom. The Hall–Kier alpha value is -0.880. The summed E-state index contributed by atoms with van der Waals surface area (Å²) >= 11 is 0. The van der Waals surface area contributed by atoms with E-state index < -0.39 is 9.84 Å². The molecule has 0 amide bonds. The molecule has 6 heteroatoms. The van der Waals surface area contributed by atoms with E-state index in [-0.39, 0.29) is 17.3 Å². The predicted molar refractivity (Wildman–Crippen MR) is 78.3 cm³/mol. The van der Waals surface area contributed by atoms with Crippen molar-refractivity contribution in [3.05, 3.63) is 17.5 Å². The van der Waals surface area contributed by atoms with E-state index in [0.29, 0.717) is 0 Å². The zero-order chi connectivity index (χ0) is 14.3. The van der Waals surface area contributed by atoms with Gasteiger partial charge in [-0.25, -0.2) is 8.42 Å². The molecule has 20 heavy (non-hydrogen) atoms. The van der Waals surface area contributed by atoms with Gasteiger partial charge in [-0.2, -0.15) is 5.10 Å². The SMILES string of the molecule is Cn1ncc2c1CCCC2NC1CCCC1S(C)(=O)=O. The molecule has 1 aromatic rings. The van der Waals surface area contributed by atoms with Gasteiger partial charge in [0.2, 0.25) is 0 Å². The summed E-state index contributed by atoms with van der Waals surface area (Å²) in [5, 5.41) is 7.74. The van der Waals surface area contributed by atoms with E-state index in [4.69, 9.17) is 0 Å². The van der Waals surface area contributed by atoms with Gasteiger partial charge < -0.3 is 5.32 Å². The summed E-state index contributed by atoms with van der Waals surface area (Å²) in [6, 6.07) is 0.362. The lowest BCUT2D eigenvalue weighted by atomic mass is 9.92. The summed E-state index contributed by atoms with van der Waals surface area (Å²) < 4.78 is 25.7. The van der Waals surface area contributed by atoms with Crippen LogP contribution in [0.5, 0.6) is 0 Å². The third-order valence-electron chi connectivity index (χ3n) is 4.79. The number of hydrogen-bond acceptors (Lipinski definition) is 4. The maximum atomic E-state index is 11.9. The second kappa shape index (κ2) is 5.15. The first-order valence-corrected chi connectivity index (χ1v) is 9.38. The number of nitrogens with zero attached hydrogens (tertiary/aromatic N) is 2. The largest absolute Gasteiger partial charge is 0.306 e. The van der Waals surface area contributed by atoms with Crippen LogP contribution in [0.3, 0.4) is 0 Å². The molecule has 3 rings (SSSR count). The highest BCUT2D eigenvalue weighted by Crippen LogP contribution is 2.33. The summed E-state index contributed by atoms with van der Waals surface area (Å²) in [5.74, 6) is 0. The van der Waals surface area contributed by atoms with Gasteiger partial charge in [0, 0.05) is 36.6 Å². The van der Waals surface area contributed by atoms with Crippen LogP contribution in [0.4, 0.5) is 0 Å². The van der Waals surface area contributed by atoms with Gasteiger partial charge in [0.15, 0.2) is 9.84 Å². The van der Waals surface area contributed by atoms with Crippen LogP contribution in [0.25, 0.3) is 0 Å². The van der Waals surface area contributed by atoms with E-state index >= 15 is 0 Å². The number of nitrogens with one attached hydrogen (secondary N) is 1. The number of aromatic nitrogens is 2. The average molecular weight is 297 g/mol. The number of hydrogen-bond donors (Lipinski definition) is 1. The molecule has 0 spiro atoms. The van der Waals surface area contributed by atoms with E-state index in [9.17, 15) is 8.42 Å². The van der Waals surface area contributed by atoms with Crippen molar-refractivity contribution < 1.29 is 8.42 Å². The standard InChI is InChI=1S/C14H23N3O2S/c1-17-13-7-3-5-11(10(13)9-15-17)16-12-6-4-8-14(12)20(2,18)19/h9,11-12,14,16H,3-8H2,1-2H3. The molecule has 0 aromatic carbocycles. The molecule has 1 N–H and O–H groups in total. The van der Waals surface area contributed by atoms with Gasteiger partial charge >= 0.3 is 0 Å². The minimum atomic E-state index is -2.96. The fourth-order valence-corrected chi connectivity index (χ4v) is 5.17. The molecule has 0 radical (unpaired) electrons. The Balaban J connectivity index is 1.79. The van der Waals surface area contributed by atoms with Crippen LogP contribution in [0.15, 0.2) is 6.20 Å². The molecule has 112 valence electrons. The van der Waals surface area contributed by atoms with Gasteiger partial charge in [0.1, 0.15) is 0 Å². The molecule has 1 heterocycles. The van der Waals surface area contributed by atoms with Gasteiger partial charge in [0.25, 0.3) is 0 Å². The molecule has 2 aliphatic carbocycles. The van der Waals surface area contributed by atoms with Crippen LogP contribution in [0.2, 0.25) is 0 Å². The lowest BCUT2D eigenvalue weighted by molar-refractivity contribution is 0.393. The maximum absolute atomic E-state index is 11.9. The second-order valence-corrected chi connectivity index (χ2v) is 8.45. The van der Waals surface area contributed by atoms with Crippen LogP contribution < -0.4 is 5.32 Å². The molecule has 1 saturated carbocycles. The zero-order valence-corrected chi connectivity index (χ0v) is 13.0. The van der Waals surface area contributed by atoms with Crippen molar-refractivity contribution >= 4 is 9.84 Å². The second-order valence-electron chi connectivity index (χ2n) is 6.19. The molecule has 0 aliphatic heterocycles. The van der Waals surface area contributed by atoms with Crippen LogP contribution in [-0.4, -0.2) is 35.7 Å². The van der Waals surface area contributed by atoms with Gasteiger partial charge in [0.05, 0.1) is 11.4 Å². The predicted octanol–water partition coefficient (Wildman–Crippen LogP) is 1.35. The molecule has 0 bridgehead atoms. The Morgan fingerprint density at radius 3 is 2.85 bits per heavy atom. The molecule has 3 unspecified atom stereocenters. The summed E-state index contributed by atoms with van der Waals surface area (Å²) in [6.45, 7) is 0. The third kappa shape index (κ3) is 2.51. The van der Waals surface area contributed by atoms with Gasteiger partial charge in [-0.3, -0.25) is 4.68 Å². The van der Waals surface area contributed by atoms with Crippen molar-refractivity contribution in [2.75, 3.05) is 6.26 Å². The van der Waals surface area contributed by atoms with E-state index in [1.807, 2.05) is 17.9 Å². The van der Waals surface area contributed by atoms with Crippen molar-refractivity contribution in [1.82, 2.24) is 15.1 Å². The normalized spacial score (nSPS) is 30.4. The van der Waals surface area contributed by atoms with Gasteiger partial charge in [-0.05, 0) is 32.1 Å². The van der Waals surface area contributed by atoms with Crippen molar-refractivity contribution in [2.45, 2.75) is 55.9 Å². The van der Waals surface area contributed by atoms with Crippen molar-refractivity contribution in [2.24, 2.45) is 7.05 Å². The van der Waals surface area contributed by atoms with Crippen LogP contribution in [-0.2, 0) is 23.3 Å². The quantitative estimate of drug-likeness (QED) is 0.915. The Bertz CT molecular complexity index is 594. The zero-order valence-electron chi connectivity index (χ0n) is 12.2. The highest BCUT2D eigenvalue weighted by Gasteiger charge is 2.37. The van der Waals surface area contributed by atoms with E-state index in [1.54, 1.807) is 0 Å². The number of fused-ring (bicyclic) bond motifs is 1. The van der Waals surface area contributed by atoms with Crippen molar-refractivity contribution in [3.63, 3.8) is 0 Å². The van der Waals surface area contributed by atoms with Crippen LogP contribution >= 0.6 is 0 Å². The average Bonchev–Trinajstić information content (AvgIpc) is 2.97. The molecule has 0 saturated heterocycles. The monoisotopic (exact) mass is 297 g/mol. The third-order valence-corrected chi connectivity index (χ3v) is 6.46. The fourth-order valence-electron chi connectivity index (χ4n) is 3.77. The number of aryl methyl sites for hydroxylation is 1. The Kier molecular flexibility index (Phi) is 3.62. The van der Waals surface area contributed by atoms with Crippen molar-refractivity contribution in [1.29, 1.82) is 0 Å². The molecule has 3 atom stereocenters. The fraction of sp³-hybridized carbons (Fsp3) is 0.786.